The van der Waals surface area contributed by atoms with E-state index in [2.05, 4.69) is 44.8 Å². The first kappa shape index (κ1) is 16.3. The van der Waals surface area contributed by atoms with Crippen molar-refractivity contribution in [2.45, 2.75) is 40.5 Å². The van der Waals surface area contributed by atoms with Gasteiger partial charge in [0.1, 0.15) is 5.69 Å². The van der Waals surface area contributed by atoms with Crippen LogP contribution in [0.25, 0.3) is 0 Å². The molecule has 0 unspecified atom stereocenters. The Morgan fingerprint density at radius 3 is 2.26 bits per heavy atom. The number of allylic oxidation sites excluding steroid dienone is 2. The summed E-state index contributed by atoms with van der Waals surface area (Å²) in [4.78, 5) is 4.56. The molecule has 0 bridgehead atoms. The van der Waals surface area contributed by atoms with Crippen LogP contribution in [-0.4, -0.2) is 5.71 Å². The zero-order chi connectivity index (χ0) is 14.5. The van der Waals surface area contributed by atoms with Crippen molar-refractivity contribution in [2.75, 3.05) is 0 Å². The van der Waals surface area contributed by atoms with Gasteiger partial charge in [-0.15, -0.1) is 0 Å². The van der Waals surface area contributed by atoms with Gasteiger partial charge >= 0.3 is 0 Å². The molecule has 0 radical (unpaired) electrons. The van der Waals surface area contributed by atoms with Crippen molar-refractivity contribution in [3.05, 3.63) is 40.4 Å². The summed E-state index contributed by atoms with van der Waals surface area (Å²) in [5.41, 5.74) is 1.93. The van der Waals surface area contributed by atoms with Crippen LogP contribution in [0.5, 0.6) is 0 Å². The summed E-state index contributed by atoms with van der Waals surface area (Å²) < 4.78 is 0. The number of hydrogen-bond acceptors (Lipinski definition) is 1. The molecular formula is C16H21Cl2N. The van der Waals surface area contributed by atoms with Crippen LogP contribution in [0.1, 0.15) is 40.5 Å². The highest BCUT2D eigenvalue weighted by Crippen LogP contribution is 2.33. The summed E-state index contributed by atoms with van der Waals surface area (Å²) in [6.07, 6.45) is 6.09. The standard InChI is InChI=1S/C16H21Cl2N/c1-5-12(8-7-11-16(2,3)4)19-15-13(17)9-6-10-14(15)18/h6-10H,5,11H2,1-4H3/b8-7+,19-12?. The second kappa shape index (κ2) is 7.12. The minimum Gasteiger partial charge on any atom is -0.250 e. The molecule has 0 spiro atoms. The molecular weight excluding hydrogens is 277 g/mol. The highest BCUT2D eigenvalue weighted by molar-refractivity contribution is 6.38. The molecule has 0 aliphatic rings. The zero-order valence-electron chi connectivity index (χ0n) is 12.0. The van der Waals surface area contributed by atoms with Gasteiger partial charge in [-0.3, -0.25) is 4.99 Å². The van der Waals surface area contributed by atoms with Gasteiger partial charge < -0.3 is 0 Å². The molecule has 1 aromatic carbocycles. The van der Waals surface area contributed by atoms with Gasteiger partial charge in [-0.05, 0) is 36.5 Å². The van der Waals surface area contributed by atoms with E-state index < -0.39 is 0 Å². The van der Waals surface area contributed by atoms with E-state index in [0.717, 1.165) is 18.6 Å². The first-order valence-electron chi connectivity index (χ1n) is 6.51. The van der Waals surface area contributed by atoms with E-state index in [1.165, 1.54) is 0 Å². The number of rotatable bonds is 4. The molecule has 1 nitrogen and oxygen atoms in total. The van der Waals surface area contributed by atoms with Crippen LogP contribution in [0.3, 0.4) is 0 Å². The fourth-order valence-electron chi connectivity index (χ4n) is 1.52. The minimum absolute atomic E-state index is 0.289. The van der Waals surface area contributed by atoms with Gasteiger partial charge in [0.2, 0.25) is 0 Å². The van der Waals surface area contributed by atoms with E-state index in [9.17, 15) is 0 Å². The number of benzene rings is 1. The monoisotopic (exact) mass is 297 g/mol. The van der Waals surface area contributed by atoms with E-state index in [-0.39, 0.29) is 5.41 Å². The molecule has 1 rings (SSSR count). The smallest absolute Gasteiger partial charge is 0.100 e. The maximum absolute atomic E-state index is 6.12. The molecule has 0 amide bonds. The number of para-hydroxylation sites is 1. The lowest BCUT2D eigenvalue weighted by Gasteiger charge is -2.14. The number of halogens is 2. The molecule has 0 atom stereocenters. The maximum Gasteiger partial charge on any atom is 0.100 e. The Balaban J connectivity index is 2.94. The van der Waals surface area contributed by atoms with Crippen LogP contribution >= 0.6 is 23.2 Å². The fraction of sp³-hybridized carbons (Fsp3) is 0.438. The summed E-state index contributed by atoms with van der Waals surface area (Å²) in [5, 5.41) is 1.17. The average Bonchev–Trinajstić information content (AvgIpc) is 2.30. The fourth-order valence-corrected chi connectivity index (χ4v) is 2.00. The van der Waals surface area contributed by atoms with Crippen LogP contribution in [0.4, 0.5) is 5.69 Å². The van der Waals surface area contributed by atoms with Gasteiger partial charge in [-0.2, -0.15) is 0 Å². The van der Waals surface area contributed by atoms with Crippen molar-refractivity contribution in [1.82, 2.24) is 0 Å². The van der Waals surface area contributed by atoms with Gasteiger partial charge in [0.15, 0.2) is 0 Å². The SMILES string of the molecule is CCC(/C=C/CC(C)(C)C)=Nc1c(Cl)cccc1Cl. The van der Waals surface area contributed by atoms with Crippen LogP contribution < -0.4 is 0 Å². The lowest BCUT2D eigenvalue weighted by atomic mass is 9.92. The zero-order valence-corrected chi connectivity index (χ0v) is 13.5. The lowest BCUT2D eigenvalue weighted by molar-refractivity contribution is 0.420. The molecule has 0 saturated carbocycles. The van der Waals surface area contributed by atoms with Gasteiger partial charge in [-0.1, -0.05) is 63.0 Å². The highest BCUT2D eigenvalue weighted by Gasteiger charge is 2.07. The molecule has 0 aliphatic carbocycles. The van der Waals surface area contributed by atoms with Gasteiger partial charge in [-0.25, -0.2) is 0 Å². The van der Waals surface area contributed by atoms with E-state index in [0.29, 0.717) is 15.7 Å². The van der Waals surface area contributed by atoms with E-state index in [1.54, 1.807) is 12.1 Å². The normalized spacial score (nSPS) is 13.3. The first-order valence-corrected chi connectivity index (χ1v) is 7.27. The largest absolute Gasteiger partial charge is 0.250 e. The Bertz CT molecular complexity index is 462. The van der Waals surface area contributed by atoms with Gasteiger partial charge in [0, 0.05) is 5.71 Å². The van der Waals surface area contributed by atoms with E-state index >= 15 is 0 Å². The third kappa shape index (κ3) is 5.80. The summed E-state index contributed by atoms with van der Waals surface area (Å²) in [5.74, 6) is 0. The van der Waals surface area contributed by atoms with Crippen molar-refractivity contribution >= 4 is 34.6 Å². The molecule has 0 aromatic heterocycles. The summed E-state index contributed by atoms with van der Waals surface area (Å²) in [7, 11) is 0. The predicted molar refractivity (Wildman–Crippen MR) is 87.1 cm³/mol. The van der Waals surface area contributed by atoms with Crippen LogP contribution in [0.15, 0.2) is 35.3 Å². The Morgan fingerprint density at radius 2 is 1.79 bits per heavy atom. The number of nitrogens with zero attached hydrogens (tertiary/aromatic N) is 1. The molecule has 19 heavy (non-hydrogen) atoms. The lowest BCUT2D eigenvalue weighted by Crippen LogP contribution is -2.02. The van der Waals surface area contributed by atoms with E-state index in [4.69, 9.17) is 23.2 Å². The van der Waals surface area contributed by atoms with Crippen molar-refractivity contribution in [3.63, 3.8) is 0 Å². The van der Waals surface area contributed by atoms with Gasteiger partial charge in [0.05, 0.1) is 10.0 Å². The summed E-state index contributed by atoms with van der Waals surface area (Å²) >= 11 is 12.2. The molecule has 0 heterocycles. The average molecular weight is 298 g/mol. The Hall–Kier alpha value is -0.790. The second-order valence-electron chi connectivity index (χ2n) is 5.69. The van der Waals surface area contributed by atoms with Crippen molar-refractivity contribution < 1.29 is 0 Å². The Labute approximate surface area is 126 Å². The second-order valence-corrected chi connectivity index (χ2v) is 6.51. The molecule has 104 valence electrons. The quantitative estimate of drug-likeness (QED) is 0.565. The minimum atomic E-state index is 0.289. The first-order chi connectivity index (χ1) is 8.83. The molecule has 0 aliphatic heterocycles. The number of hydrogen-bond donors (Lipinski definition) is 0. The third-order valence-electron chi connectivity index (χ3n) is 2.60. The van der Waals surface area contributed by atoms with E-state index in [1.807, 2.05) is 6.07 Å². The third-order valence-corrected chi connectivity index (χ3v) is 3.21. The number of aliphatic imine (C=N–C) groups is 1. The highest BCUT2D eigenvalue weighted by atomic mass is 35.5. The Kier molecular flexibility index (Phi) is 6.09. The summed E-state index contributed by atoms with van der Waals surface area (Å²) in [6.45, 7) is 8.71. The van der Waals surface area contributed by atoms with Crippen molar-refractivity contribution in [1.29, 1.82) is 0 Å². The van der Waals surface area contributed by atoms with Crippen molar-refractivity contribution in [2.24, 2.45) is 10.4 Å². The maximum atomic E-state index is 6.12. The molecule has 0 N–H and O–H groups in total. The van der Waals surface area contributed by atoms with Crippen LogP contribution in [0.2, 0.25) is 10.0 Å². The Morgan fingerprint density at radius 1 is 1.21 bits per heavy atom. The summed E-state index contributed by atoms with van der Waals surface area (Å²) in [6, 6.07) is 5.43. The predicted octanol–water partition coefficient (Wildman–Crippen LogP) is 6.47. The molecule has 1 aromatic rings. The topological polar surface area (TPSA) is 12.4 Å². The van der Waals surface area contributed by atoms with Gasteiger partial charge in [0.25, 0.3) is 0 Å². The molecule has 0 saturated heterocycles. The molecule has 0 fully saturated rings. The van der Waals surface area contributed by atoms with Crippen LogP contribution in [-0.2, 0) is 0 Å². The van der Waals surface area contributed by atoms with Crippen LogP contribution in [0, 0.1) is 5.41 Å². The van der Waals surface area contributed by atoms with Crippen molar-refractivity contribution in [3.8, 4) is 0 Å². The molecule has 3 heteroatoms.